The molecule has 1 N–H and O–H groups in total. The summed E-state index contributed by atoms with van der Waals surface area (Å²) < 4.78 is 5.81. The van der Waals surface area contributed by atoms with E-state index in [-0.39, 0.29) is 12.6 Å². The van der Waals surface area contributed by atoms with Gasteiger partial charge in [0, 0.05) is 25.8 Å². The van der Waals surface area contributed by atoms with Gasteiger partial charge >= 0.3 is 0 Å². The van der Waals surface area contributed by atoms with Crippen LogP contribution in [0.3, 0.4) is 0 Å². The van der Waals surface area contributed by atoms with E-state index in [1.807, 2.05) is 6.07 Å². The Kier molecular flexibility index (Phi) is 5.83. The number of aliphatic hydroxyl groups is 1. The highest BCUT2D eigenvalue weighted by molar-refractivity contribution is 5.19. The van der Waals surface area contributed by atoms with E-state index in [2.05, 4.69) is 36.2 Å². The zero-order chi connectivity index (χ0) is 13.5. The Labute approximate surface area is 116 Å². The molecular formula is C16H25NO2. The molecule has 0 aromatic heterocycles. The van der Waals surface area contributed by atoms with Crippen molar-refractivity contribution in [3.8, 4) is 0 Å². The van der Waals surface area contributed by atoms with Crippen molar-refractivity contribution in [3.63, 3.8) is 0 Å². The first-order valence-corrected chi connectivity index (χ1v) is 7.29. The summed E-state index contributed by atoms with van der Waals surface area (Å²) in [5.41, 5.74) is 1.27. The molecule has 2 atom stereocenters. The highest BCUT2D eigenvalue weighted by atomic mass is 16.5. The lowest BCUT2D eigenvalue weighted by Gasteiger charge is -2.33. The summed E-state index contributed by atoms with van der Waals surface area (Å²) in [5.74, 6) is 0. The molecule has 0 spiro atoms. The maximum absolute atomic E-state index is 9.29. The molecule has 0 amide bonds. The molecule has 106 valence electrons. The quantitative estimate of drug-likeness (QED) is 0.856. The fraction of sp³-hybridized carbons (Fsp3) is 0.625. The Balaban J connectivity index is 1.97. The lowest BCUT2D eigenvalue weighted by molar-refractivity contribution is -0.0101. The number of nitrogens with zero attached hydrogens (tertiary/aromatic N) is 1. The van der Waals surface area contributed by atoms with Crippen LogP contribution in [0.15, 0.2) is 30.3 Å². The molecule has 1 aliphatic rings. The third-order valence-electron chi connectivity index (χ3n) is 3.88. The SMILES string of the molecule is CN(C[C@H]1CCCCO1)[C@@H](CCO)c1ccccc1. The molecule has 0 aliphatic carbocycles. The second-order valence-electron chi connectivity index (χ2n) is 5.37. The molecule has 1 aliphatic heterocycles. The largest absolute Gasteiger partial charge is 0.396 e. The minimum Gasteiger partial charge on any atom is -0.396 e. The van der Waals surface area contributed by atoms with Gasteiger partial charge < -0.3 is 9.84 Å². The lowest BCUT2D eigenvalue weighted by Crippen LogP contribution is -2.36. The van der Waals surface area contributed by atoms with Crippen LogP contribution in [0.5, 0.6) is 0 Å². The van der Waals surface area contributed by atoms with E-state index in [4.69, 9.17) is 4.74 Å². The third-order valence-corrected chi connectivity index (χ3v) is 3.88. The van der Waals surface area contributed by atoms with E-state index in [9.17, 15) is 5.11 Å². The topological polar surface area (TPSA) is 32.7 Å². The van der Waals surface area contributed by atoms with Gasteiger partial charge in [0.05, 0.1) is 6.10 Å². The molecule has 3 heteroatoms. The van der Waals surface area contributed by atoms with Crippen LogP contribution in [0.2, 0.25) is 0 Å². The summed E-state index contributed by atoms with van der Waals surface area (Å²) in [6, 6.07) is 10.7. The minimum atomic E-state index is 0.218. The van der Waals surface area contributed by atoms with E-state index in [0.29, 0.717) is 6.10 Å². The highest BCUT2D eigenvalue weighted by Crippen LogP contribution is 2.24. The zero-order valence-electron chi connectivity index (χ0n) is 11.8. The van der Waals surface area contributed by atoms with Crippen molar-refractivity contribution < 1.29 is 9.84 Å². The summed E-state index contributed by atoms with van der Waals surface area (Å²) >= 11 is 0. The predicted octanol–water partition coefficient (Wildman–Crippen LogP) is 2.61. The first kappa shape index (κ1) is 14.5. The van der Waals surface area contributed by atoms with Gasteiger partial charge in [0.15, 0.2) is 0 Å². The van der Waals surface area contributed by atoms with Gasteiger partial charge in [-0.2, -0.15) is 0 Å². The van der Waals surface area contributed by atoms with Gasteiger partial charge in [0.1, 0.15) is 0 Å². The molecule has 1 aromatic carbocycles. The number of rotatable bonds is 6. The van der Waals surface area contributed by atoms with Crippen LogP contribution in [0, 0.1) is 0 Å². The summed E-state index contributed by atoms with van der Waals surface area (Å²) in [5, 5.41) is 9.29. The van der Waals surface area contributed by atoms with Gasteiger partial charge in [-0.1, -0.05) is 30.3 Å². The summed E-state index contributed by atoms with van der Waals surface area (Å²) in [6.45, 7) is 2.06. The number of ether oxygens (including phenoxy) is 1. The van der Waals surface area contributed by atoms with Crippen molar-refractivity contribution in [3.05, 3.63) is 35.9 Å². The first-order chi connectivity index (χ1) is 9.31. The van der Waals surface area contributed by atoms with Crippen LogP contribution in [0.1, 0.15) is 37.3 Å². The molecule has 1 fully saturated rings. The van der Waals surface area contributed by atoms with Gasteiger partial charge in [-0.05, 0) is 38.3 Å². The van der Waals surface area contributed by atoms with E-state index in [1.165, 1.54) is 18.4 Å². The van der Waals surface area contributed by atoms with Crippen molar-refractivity contribution in [2.24, 2.45) is 0 Å². The molecule has 0 radical (unpaired) electrons. The number of likely N-dealkylation sites (N-methyl/N-ethyl adjacent to an activating group) is 1. The standard InChI is InChI=1S/C16H25NO2/c1-17(13-15-9-5-6-12-19-15)16(10-11-18)14-7-3-2-4-8-14/h2-4,7-8,15-16,18H,5-6,9-13H2,1H3/t15-,16+/m1/s1. The fourth-order valence-electron chi connectivity index (χ4n) is 2.84. The Morgan fingerprint density at radius 2 is 2.11 bits per heavy atom. The molecular weight excluding hydrogens is 238 g/mol. The van der Waals surface area contributed by atoms with Crippen molar-refractivity contribution in [2.45, 2.75) is 37.8 Å². The Bertz CT molecular complexity index is 349. The molecule has 2 rings (SSSR count). The molecule has 1 aromatic rings. The molecule has 1 heterocycles. The molecule has 0 unspecified atom stereocenters. The Morgan fingerprint density at radius 3 is 2.74 bits per heavy atom. The zero-order valence-corrected chi connectivity index (χ0v) is 11.8. The van der Waals surface area contributed by atoms with Crippen molar-refractivity contribution in [1.29, 1.82) is 0 Å². The maximum atomic E-state index is 9.29. The van der Waals surface area contributed by atoms with Gasteiger partial charge in [-0.15, -0.1) is 0 Å². The first-order valence-electron chi connectivity index (χ1n) is 7.29. The highest BCUT2D eigenvalue weighted by Gasteiger charge is 2.21. The van der Waals surface area contributed by atoms with Gasteiger partial charge in [0.25, 0.3) is 0 Å². The molecule has 3 nitrogen and oxygen atoms in total. The second kappa shape index (κ2) is 7.63. The smallest absolute Gasteiger partial charge is 0.0702 e. The molecule has 0 bridgehead atoms. The fourth-order valence-corrected chi connectivity index (χ4v) is 2.84. The van der Waals surface area contributed by atoms with E-state index < -0.39 is 0 Å². The minimum absolute atomic E-state index is 0.218. The van der Waals surface area contributed by atoms with Crippen LogP contribution in [-0.4, -0.2) is 42.9 Å². The number of benzene rings is 1. The van der Waals surface area contributed by atoms with Crippen molar-refractivity contribution >= 4 is 0 Å². The molecule has 1 saturated heterocycles. The van der Waals surface area contributed by atoms with Crippen LogP contribution in [0.4, 0.5) is 0 Å². The molecule has 19 heavy (non-hydrogen) atoms. The van der Waals surface area contributed by atoms with Crippen molar-refractivity contribution in [2.75, 3.05) is 26.8 Å². The van der Waals surface area contributed by atoms with Gasteiger partial charge in [-0.25, -0.2) is 0 Å². The average Bonchev–Trinajstić information content (AvgIpc) is 2.46. The van der Waals surface area contributed by atoms with E-state index in [0.717, 1.165) is 26.0 Å². The predicted molar refractivity (Wildman–Crippen MR) is 77.1 cm³/mol. The van der Waals surface area contributed by atoms with E-state index >= 15 is 0 Å². The normalized spacial score (nSPS) is 21.5. The van der Waals surface area contributed by atoms with E-state index in [1.54, 1.807) is 0 Å². The second-order valence-corrected chi connectivity index (χ2v) is 5.37. The Morgan fingerprint density at radius 1 is 1.32 bits per heavy atom. The summed E-state index contributed by atoms with van der Waals surface area (Å²) in [7, 11) is 2.13. The summed E-state index contributed by atoms with van der Waals surface area (Å²) in [4.78, 5) is 2.32. The molecule has 0 saturated carbocycles. The summed E-state index contributed by atoms with van der Waals surface area (Å²) in [6.07, 6.45) is 4.75. The van der Waals surface area contributed by atoms with Crippen LogP contribution in [0.25, 0.3) is 0 Å². The number of hydrogen-bond donors (Lipinski definition) is 1. The van der Waals surface area contributed by atoms with Crippen LogP contribution < -0.4 is 0 Å². The Hall–Kier alpha value is -0.900. The van der Waals surface area contributed by atoms with Gasteiger partial charge in [-0.3, -0.25) is 4.90 Å². The van der Waals surface area contributed by atoms with Gasteiger partial charge in [0.2, 0.25) is 0 Å². The average molecular weight is 263 g/mol. The number of aliphatic hydroxyl groups excluding tert-OH is 1. The lowest BCUT2D eigenvalue weighted by atomic mass is 10.0. The van der Waals surface area contributed by atoms with Crippen molar-refractivity contribution in [1.82, 2.24) is 4.90 Å². The monoisotopic (exact) mass is 263 g/mol. The van der Waals surface area contributed by atoms with Crippen LogP contribution >= 0.6 is 0 Å². The maximum Gasteiger partial charge on any atom is 0.0702 e. The third kappa shape index (κ3) is 4.30. The van der Waals surface area contributed by atoms with Crippen LogP contribution in [-0.2, 0) is 4.74 Å². The number of hydrogen-bond acceptors (Lipinski definition) is 3.